The van der Waals surface area contributed by atoms with Crippen LogP contribution in [0.25, 0.3) is 0 Å². The highest BCUT2D eigenvalue weighted by Crippen LogP contribution is 2.16. The van der Waals surface area contributed by atoms with Crippen molar-refractivity contribution in [3.05, 3.63) is 170 Å². The summed E-state index contributed by atoms with van der Waals surface area (Å²) in [5.74, 6) is -1.06. The summed E-state index contributed by atoms with van der Waals surface area (Å²) in [6.07, 6.45) is 99.6. The van der Waals surface area contributed by atoms with Gasteiger partial charge in [-0.3, -0.25) is 14.4 Å². The van der Waals surface area contributed by atoms with Crippen LogP contribution in [0.3, 0.4) is 0 Å². The Balaban J connectivity index is 4.42. The Morgan fingerprint density at radius 3 is 0.765 bits per heavy atom. The molecule has 1 atom stereocenters. The number of ether oxygens (including phenoxy) is 3. The Kier molecular flexibility index (Phi) is 62.9. The van der Waals surface area contributed by atoms with Crippen molar-refractivity contribution in [2.75, 3.05) is 13.2 Å². The van der Waals surface area contributed by atoms with Crippen LogP contribution in [0.1, 0.15) is 265 Å². The summed E-state index contributed by atoms with van der Waals surface area (Å²) >= 11 is 0. The number of hydrogen-bond donors (Lipinski definition) is 0. The number of esters is 3. The second-order valence-corrected chi connectivity index (χ2v) is 20.9. The molecule has 0 rings (SSSR count). The van der Waals surface area contributed by atoms with Crippen molar-refractivity contribution < 1.29 is 28.6 Å². The molecule has 0 aromatic heterocycles. The van der Waals surface area contributed by atoms with Gasteiger partial charge in [0.1, 0.15) is 13.2 Å². The largest absolute Gasteiger partial charge is 0.462 e. The van der Waals surface area contributed by atoms with Gasteiger partial charge in [-0.15, -0.1) is 0 Å². The van der Waals surface area contributed by atoms with Gasteiger partial charge in [0.15, 0.2) is 6.10 Å². The smallest absolute Gasteiger partial charge is 0.306 e. The van der Waals surface area contributed by atoms with Crippen LogP contribution in [-0.2, 0) is 28.6 Å². The minimum atomic E-state index is -0.845. The van der Waals surface area contributed by atoms with Crippen LogP contribution in [0.5, 0.6) is 0 Å². The van der Waals surface area contributed by atoms with Crippen LogP contribution in [0.2, 0.25) is 0 Å². The molecule has 0 fully saturated rings. The maximum atomic E-state index is 12.9. The lowest BCUT2D eigenvalue weighted by Gasteiger charge is -2.18. The van der Waals surface area contributed by atoms with Gasteiger partial charge >= 0.3 is 17.9 Å². The molecule has 0 N–H and O–H groups in total. The van der Waals surface area contributed by atoms with E-state index < -0.39 is 12.1 Å². The van der Waals surface area contributed by atoms with Crippen LogP contribution in [0.15, 0.2) is 170 Å². The predicted octanol–water partition coefficient (Wildman–Crippen LogP) is 22.7. The summed E-state index contributed by atoms with van der Waals surface area (Å²) < 4.78 is 16.8. The van der Waals surface area contributed by atoms with Crippen molar-refractivity contribution in [2.24, 2.45) is 0 Å². The SMILES string of the molecule is CC/C=C\C/C=C\C/C=C\C/C=C\C/C=C\C/C=C\CCC(=O)OC(COC(=O)CCCC/C=C\C/C=C\C/C=C\C/C=C\CC)COC(=O)CCCCCCCCCCCCCCCCCC/C=C\C/C=C\C/C=C\C/C=C\CC. The van der Waals surface area contributed by atoms with Crippen LogP contribution in [0, 0.1) is 0 Å². The molecule has 0 aromatic rings. The molecule has 0 aliphatic rings. The van der Waals surface area contributed by atoms with Crippen LogP contribution in [0.4, 0.5) is 0 Å². The molecule has 0 saturated carbocycles. The lowest BCUT2D eigenvalue weighted by Crippen LogP contribution is -2.30. The van der Waals surface area contributed by atoms with E-state index in [1.807, 2.05) is 12.2 Å². The molecule has 454 valence electrons. The summed E-state index contributed by atoms with van der Waals surface area (Å²) in [4.78, 5) is 38.3. The number of carbonyl (C=O) groups excluding carboxylic acids is 3. The Labute approximate surface area is 498 Å². The Hall–Kier alpha value is -5.23. The fraction of sp³-hybridized carbons (Fsp3) is 0.587. The van der Waals surface area contributed by atoms with Gasteiger partial charge in [0.05, 0.1) is 0 Å². The highest BCUT2D eigenvalue weighted by Gasteiger charge is 2.19. The standard InChI is InChI=1S/C75H118O6/c1-4-7-10-13-16-19-22-25-28-30-32-33-34-35-36-37-38-39-40-41-43-44-47-50-53-56-59-62-65-68-74(77)80-71-72(70-79-73(76)67-64-61-58-55-52-49-46-27-24-21-18-15-12-9-6-3)81-75(78)69-66-63-60-57-54-51-48-45-42-31-29-26-23-20-17-14-11-8-5-2/h7-12,16-21,25-29,32-33,42,45-46,51-52,54-55,60,63,72H,4-6,13-15,22-24,30-31,34-41,43-44,47-50,53,56-59,61-62,64-71H2,1-3H3/b10-7-,11-8-,12-9-,19-16-,20-17-,21-18-,28-25-,29-26-,33-32-,45-42-,46-27-,54-51-,55-52-,63-60-. The third-order valence-electron chi connectivity index (χ3n) is 13.2. The molecule has 0 bridgehead atoms. The number of allylic oxidation sites excluding steroid dienone is 28. The number of unbranched alkanes of at least 4 members (excludes halogenated alkanes) is 18. The molecule has 6 heteroatoms. The maximum absolute atomic E-state index is 12.9. The first kappa shape index (κ1) is 75.8. The number of carbonyl (C=O) groups is 3. The highest BCUT2D eigenvalue weighted by atomic mass is 16.6. The number of rotatable bonds is 57. The molecule has 81 heavy (non-hydrogen) atoms. The molecular formula is C75H118O6. The molecule has 0 spiro atoms. The topological polar surface area (TPSA) is 78.9 Å². The zero-order valence-corrected chi connectivity index (χ0v) is 52.0. The first-order chi connectivity index (χ1) is 40.0. The molecule has 6 nitrogen and oxygen atoms in total. The molecule has 0 amide bonds. The van der Waals surface area contributed by atoms with E-state index in [1.54, 1.807) is 0 Å². The zero-order chi connectivity index (χ0) is 58.5. The molecule has 1 unspecified atom stereocenters. The zero-order valence-electron chi connectivity index (χ0n) is 52.0. The van der Waals surface area contributed by atoms with Crippen molar-refractivity contribution in [2.45, 2.75) is 271 Å². The Morgan fingerprint density at radius 2 is 0.469 bits per heavy atom. The monoisotopic (exact) mass is 1110 g/mol. The summed E-state index contributed by atoms with van der Waals surface area (Å²) in [6.45, 7) is 6.20. The van der Waals surface area contributed by atoms with Gasteiger partial charge in [-0.1, -0.05) is 281 Å². The second-order valence-electron chi connectivity index (χ2n) is 20.9. The summed E-state index contributed by atoms with van der Waals surface area (Å²) in [5, 5.41) is 0. The predicted molar refractivity (Wildman–Crippen MR) is 352 cm³/mol. The van der Waals surface area contributed by atoms with Crippen molar-refractivity contribution in [1.82, 2.24) is 0 Å². The summed E-state index contributed by atoms with van der Waals surface area (Å²) in [5.41, 5.74) is 0. The van der Waals surface area contributed by atoms with Crippen molar-refractivity contribution in [1.29, 1.82) is 0 Å². The van der Waals surface area contributed by atoms with E-state index in [0.717, 1.165) is 122 Å². The van der Waals surface area contributed by atoms with Crippen molar-refractivity contribution in [3.8, 4) is 0 Å². The second kappa shape index (κ2) is 67.3. The van der Waals surface area contributed by atoms with Gasteiger partial charge in [-0.2, -0.15) is 0 Å². The Morgan fingerprint density at radius 1 is 0.247 bits per heavy atom. The molecule has 0 aliphatic heterocycles. The molecule has 0 heterocycles. The molecule has 0 saturated heterocycles. The fourth-order valence-electron chi connectivity index (χ4n) is 8.45. The fourth-order valence-corrected chi connectivity index (χ4v) is 8.45. The van der Waals surface area contributed by atoms with Gasteiger partial charge in [-0.25, -0.2) is 0 Å². The first-order valence-electron chi connectivity index (χ1n) is 32.6. The average Bonchev–Trinajstić information content (AvgIpc) is 3.47. The number of hydrogen-bond acceptors (Lipinski definition) is 6. The van der Waals surface area contributed by atoms with E-state index in [0.29, 0.717) is 19.3 Å². The first-order valence-corrected chi connectivity index (χ1v) is 32.6. The highest BCUT2D eigenvalue weighted by molar-refractivity contribution is 5.71. The molecule has 0 radical (unpaired) electrons. The molecule has 0 aromatic carbocycles. The van der Waals surface area contributed by atoms with Crippen molar-refractivity contribution in [3.63, 3.8) is 0 Å². The van der Waals surface area contributed by atoms with Gasteiger partial charge in [-0.05, 0) is 135 Å². The lowest BCUT2D eigenvalue weighted by molar-refractivity contribution is -0.166. The van der Waals surface area contributed by atoms with Crippen LogP contribution >= 0.6 is 0 Å². The van der Waals surface area contributed by atoms with E-state index in [4.69, 9.17) is 14.2 Å². The Bertz CT molecular complexity index is 1860. The molecular weight excluding hydrogens is 997 g/mol. The van der Waals surface area contributed by atoms with Crippen LogP contribution in [-0.4, -0.2) is 37.2 Å². The average molecular weight is 1120 g/mol. The van der Waals surface area contributed by atoms with Gasteiger partial charge in [0.2, 0.25) is 0 Å². The van der Waals surface area contributed by atoms with Crippen molar-refractivity contribution >= 4 is 17.9 Å². The quantitative estimate of drug-likeness (QED) is 0.0261. The third-order valence-corrected chi connectivity index (χ3v) is 13.2. The van der Waals surface area contributed by atoms with Gasteiger partial charge in [0, 0.05) is 19.3 Å². The lowest BCUT2D eigenvalue weighted by atomic mass is 10.0. The van der Waals surface area contributed by atoms with E-state index in [1.165, 1.54) is 89.9 Å². The van der Waals surface area contributed by atoms with E-state index in [2.05, 4.69) is 179 Å². The van der Waals surface area contributed by atoms with Gasteiger partial charge < -0.3 is 14.2 Å². The minimum Gasteiger partial charge on any atom is -0.462 e. The van der Waals surface area contributed by atoms with Crippen LogP contribution < -0.4 is 0 Å². The minimum absolute atomic E-state index is 0.128. The normalized spacial score (nSPS) is 13.3. The van der Waals surface area contributed by atoms with E-state index in [9.17, 15) is 14.4 Å². The summed E-state index contributed by atoms with van der Waals surface area (Å²) in [6, 6.07) is 0. The maximum Gasteiger partial charge on any atom is 0.306 e. The molecule has 0 aliphatic carbocycles. The van der Waals surface area contributed by atoms with Gasteiger partial charge in [0.25, 0.3) is 0 Å². The summed E-state index contributed by atoms with van der Waals surface area (Å²) in [7, 11) is 0. The van der Waals surface area contributed by atoms with E-state index >= 15 is 0 Å². The third kappa shape index (κ3) is 65.5. The van der Waals surface area contributed by atoms with E-state index in [-0.39, 0.29) is 38.0 Å².